The minimum absolute atomic E-state index is 0.0407. The van der Waals surface area contributed by atoms with E-state index in [2.05, 4.69) is 11.0 Å². The lowest BCUT2D eigenvalue weighted by Crippen LogP contribution is -2.44. The summed E-state index contributed by atoms with van der Waals surface area (Å²) in [5.74, 6) is 0.0204. The Morgan fingerprint density at radius 2 is 1.92 bits per heavy atom. The number of hydrogen-bond donors (Lipinski definition) is 1. The summed E-state index contributed by atoms with van der Waals surface area (Å²) < 4.78 is 6.29. The van der Waals surface area contributed by atoms with Crippen molar-refractivity contribution >= 4 is 28.3 Å². The Balaban J connectivity index is 1.31. The molecule has 39 heavy (non-hydrogen) atoms. The largest absolute Gasteiger partial charge is 0.488 e. The van der Waals surface area contributed by atoms with E-state index in [-0.39, 0.29) is 30.2 Å². The zero-order chi connectivity index (χ0) is 27.7. The highest BCUT2D eigenvalue weighted by Crippen LogP contribution is 2.44. The van der Waals surface area contributed by atoms with Gasteiger partial charge in [0.15, 0.2) is 5.13 Å². The minimum atomic E-state index is -0.661. The van der Waals surface area contributed by atoms with E-state index in [0.29, 0.717) is 12.2 Å². The Morgan fingerprint density at radius 1 is 1.18 bits per heavy atom. The van der Waals surface area contributed by atoms with Gasteiger partial charge >= 0.3 is 5.97 Å². The molecule has 1 amide bonds. The molecular formula is C30H32N4O4S. The second-order valence-corrected chi connectivity index (χ2v) is 11.5. The van der Waals surface area contributed by atoms with Gasteiger partial charge in [0.2, 0.25) is 0 Å². The number of amides is 1. The standard InChI is InChI=1S/C30H32N4O4S/c1-18-4-9-26(38-16-23-8-5-20(13-19(23)2)28(35)33(3)11-10-31)24(12-18)25-17-39-30(32-25)34-14-21-6-7-22(15-34)27(21)29(36)37/h4-5,8-9,12-13,17,21-22,27H,6-7,11,14-16H2,1-3H3,(H,36,37)/t21-,22+,27+. The van der Waals surface area contributed by atoms with Gasteiger partial charge in [0.05, 0.1) is 17.7 Å². The number of benzene rings is 2. The van der Waals surface area contributed by atoms with Crippen molar-refractivity contribution < 1.29 is 19.4 Å². The number of thiazole rings is 1. The van der Waals surface area contributed by atoms with Crippen LogP contribution in [0.1, 0.15) is 39.9 Å². The fourth-order valence-electron chi connectivity index (χ4n) is 5.83. The lowest BCUT2D eigenvalue weighted by atomic mass is 9.85. The van der Waals surface area contributed by atoms with Crippen LogP contribution < -0.4 is 9.64 Å². The highest BCUT2D eigenvalue weighted by atomic mass is 32.1. The van der Waals surface area contributed by atoms with Crippen LogP contribution in [-0.4, -0.2) is 53.5 Å². The molecule has 5 rings (SSSR count). The van der Waals surface area contributed by atoms with Gasteiger partial charge in [-0.3, -0.25) is 9.59 Å². The number of carboxylic acids is 1. The first-order valence-corrected chi connectivity index (χ1v) is 14.0. The summed E-state index contributed by atoms with van der Waals surface area (Å²) in [5, 5.41) is 21.5. The predicted octanol–water partition coefficient (Wildman–Crippen LogP) is 5.15. The SMILES string of the molecule is Cc1ccc(OCc2ccc(C(=O)N(C)CC#N)cc2C)c(-c2csc(N3C[C@H]4CC[C@@H](C3)[C@H]4C(=O)O)n2)c1. The first-order chi connectivity index (χ1) is 18.7. The van der Waals surface area contributed by atoms with Crippen molar-refractivity contribution in [3.05, 3.63) is 64.0 Å². The molecule has 8 nitrogen and oxygen atoms in total. The van der Waals surface area contributed by atoms with E-state index in [1.807, 2.05) is 49.6 Å². The monoisotopic (exact) mass is 544 g/mol. The average Bonchev–Trinajstić information content (AvgIpc) is 3.51. The molecule has 2 bridgehead atoms. The summed E-state index contributed by atoms with van der Waals surface area (Å²) in [7, 11) is 1.61. The third-order valence-electron chi connectivity index (χ3n) is 7.92. The molecule has 0 unspecified atom stereocenters. The van der Waals surface area contributed by atoms with Crippen molar-refractivity contribution in [3.63, 3.8) is 0 Å². The summed E-state index contributed by atoms with van der Waals surface area (Å²) in [6, 6.07) is 13.5. The molecule has 1 aliphatic heterocycles. The molecule has 202 valence electrons. The van der Waals surface area contributed by atoms with Gasteiger partial charge in [-0.15, -0.1) is 11.3 Å². The maximum Gasteiger partial charge on any atom is 0.307 e. The van der Waals surface area contributed by atoms with Crippen LogP contribution in [0.4, 0.5) is 5.13 Å². The van der Waals surface area contributed by atoms with Crippen LogP contribution in [0.5, 0.6) is 5.75 Å². The molecule has 2 heterocycles. The number of aryl methyl sites for hydroxylation is 2. The molecule has 2 fully saturated rings. The molecule has 1 saturated heterocycles. The number of fused-ring (bicyclic) bond motifs is 2. The number of aromatic nitrogens is 1. The van der Waals surface area contributed by atoms with Gasteiger partial charge in [0, 0.05) is 36.6 Å². The number of piperidine rings is 1. The predicted molar refractivity (Wildman–Crippen MR) is 150 cm³/mol. The zero-order valence-electron chi connectivity index (χ0n) is 22.4. The highest BCUT2D eigenvalue weighted by Gasteiger charge is 2.46. The molecule has 9 heteroatoms. The van der Waals surface area contributed by atoms with Crippen LogP contribution >= 0.6 is 11.3 Å². The Morgan fingerprint density at radius 3 is 2.59 bits per heavy atom. The number of ether oxygens (including phenoxy) is 1. The molecule has 3 aromatic rings. The lowest BCUT2D eigenvalue weighted by Gasteiger charge is -2.35. The molecule has 1 aromatic heterocycles. The molecule has 1 N–H and O–H groups in total. The molecule has 3 atom stereocenters. The quantitative estimate of drug-likeness (QED) is 0.391. The molecule has 0 radical (unpaired) electrons. The lowest BCUT2D eigenvalue weighted by molar-refractivity contribution is -0.144. The van der Waals surface area contributed by atoms with E-state index in [0.717, 1.165) is 64.8 Å². The summed E-state index contributed by atoms with van der Waals surface area (Å²) in [5.41, 5.74) is 5.32. The molecule has 0 spiro atoms. The van der Waals surface area contributed by atoms with Gasteiger partial charge in [0.1, 0.15) is 18.9 Å². The molecule has 2 aliphatic rings. The van der Waals surface area contributed by atoms with Crippen LogP contribution in [0.15, 0.2) is 41.8 Å². The van der Waals surface area contributed by atoms with Gasteiger partial charge < -0.3 is 19.6 Å². The number of anilines is 1. The van der Waals surface area contributed by atoms with E-state index < -0.39 is 5.97 Å². The number of nitrogens with zero attached hydrogens (tertiary/aromatic N) is 4. The molecular weight excluding hydrogens is 512 g/mol. The van der Waals surface area contributed by atoms with E-state index in [1.165, 1.54) is 4.90 Å². The van der Waals surface area contributed by atoms with E-state index in [9.17, 15) is 14.7 Å². The van der Waals surface area contributed by atoms with Crippen LogP contribution in [-0.2, 0) is 11.4 Å². The normalized spacial score (nSPS) is 19.9. The smallest absolute Gasteiger partial charge is 0.307 e. The average molecular weight is 545 g/mol. The fraction of sp³-hybridized carbons (Fsp3) is 0.400. The van der Waals surface area contributed by atoms with Crippen molar-refractivity contribution in [3.8, 4) is 23.1 Å². The van der Waals surface area contributed by atoms with Crippen molar-refractivity contribution in [1.29, 1.82) is 5.26 Å². The fourth-order valence-corrected chi connectivity index (χ4v) is 6.68. The first kappa shape index (κ1) is 26.7. The number of aliphatic carboxylic acids is 1. The van der Waals surface area contributed by atoms with Crippen molar-refractivity contribution in [2.24, 2.45) is 17.8 Å². The second-order valence-electron chi connectivity index (χ2n) is 10.6. The van der Waals surface area contributed by atoms with E-state index in [4.69, 9.17) is 15.0 Å². The highest BCUT2D eigenvalue weighted by molar-refractivity contribution is 7.14. The summed E-state index contributed by atoms with van der Waals surface area (Å²) >= 11 is 1.59. The van der Waals surface area contributed by atoms with E-state index in [1.54, 1.807) is 24.5 Å². The van der Waals surface area contributed by atoms with Crippen LogP contribution in [0.3, 0.4) is 0 Å². The zero-order valence-corrected chi connectivity index (χ0v) is 23.2. The third kappa shape index (κ3) is 5.48. The van der Waals surface area contributed by atoms with Gasteiger partial charge in [-0.25, -0.2) is 4.98 Å². The minimum Gasteiger partial charge on any atom is -0.488 e. The Hall–Kier alpha value is -3.90. The van der Waals surface area contributed by atoms with Crippen molar-refractivity contribution in [1.82, 2.24) is 9.88 Å². The molecule has 1 aliphatic carbocycles. The van der Waals surface area contributed by atoms with Crippen LogP contribution in [0.25, 0.3) is 11.3 Å². The van der Waals surface area contributed by atoms with Crippen LogP contribution in [0, 0.1) is 42.9 Å². The van der Waals surface area contributed by atoms with Gasteiger partial charge in [-0.2, -0.15) is 5.26 Å². The number of carboxylic acid groups (broad SMARTS) is 1. The number of carbonyl (C=O) groups excluding carboxylic acids is 1. The Labute approximate surface area is 232 Å². The molecule has 1 saturated carbocycles. The van der Waals surface area contributed by atoms with Crippen molar-refractivity contribution in [2.45, 2.75) is 33.3 Å². The topological polar surface area (TPSA) is 107 Å². The Bertz CT molecular complexity index is 1430. The number of carbonyl (C=O) groups is 2. The molecule has 2 aromatic carbocycles. The number of rotatable bonds is 8. The summed E-state index contributed by atoms with van der Waals surface area (Å²) in [4.78, 5) is 32.9. The van der Waals surface area contributed by atoms with Gasteiger partial charge in [-0.05, 0) is 73.9 Å². The van der Waals surface area contributed by atoms with Gasteiger partial charge in [-0.1, -0.05) is 17.7 Å². The summed E-state index contributed by atoms with van der Waals surface area (Å²) in [6.45, 7) is 5.84. The maximum absolute atomic E-state index is 12.5. The Kier molecular flexibility index (Phi) is 7.58. The number of nitriles is 1. The van der Waals surface area contributed by atoms with E-state index >= 15 is 0 Å². The maximum atomic E-state index is 12.5. The van der Waals surface area contributed by atoms with Crippen molar-refractivity contribution in [2.75, 3.05) is 31.6 Å². The second kappa shape index (κ2) is 11.1. The van der Waals surface area contributed by atoms with Crippen LogP contribution in [0.2, 0.25) is 0 Å². The third-order valence-corrected chi connectivity index (χ3v) is 8.82. The van der Waals surface area contributed by atoms with Gasteiger partial charge in [0.25, 0.3) is 5.91 Å². The summed E-state index contributed by atoms with van der Waals surface area (Å²) in [6.07, 6.45) is 1.94. The first-order valence-electron chi connectivity index (χ1n) is 13.1. The number of hydrogen-bond acceptors (Lipinski definition) is 7.